The van der Waals surface area contributed by atoms with Crippen LogP contribution in [0, 0.1) is 19.8 Å². The van der Waals surface area contributed by atoms with Gasteiger partial charge in [0.25, 0.3) is 10.2 Å². The standard InChI is InChI=1S/C15H24N4O4S/c1-10-14(11(2)23-16-10)9-19-13-6-5-12(15(19)20)7-18(8-13)24(21,22)17(3)4/h12-13H,5-9H2,1-4H3/t12-,13+/m1/s1. The fourth-order valence-electron chi connectivity index (χ4n) is 3.53. The number of rotatable bonds is 4. The Morgan fingerprint density at radius 3 is 2.54 bits per heavy atom. The van der Waals surface area contributed by atoms with Crippen LogP contribution in [0.2, 0.25) is 0 Å². The average Bonchev–Trinajstić information content (AvgIpc) is 2.71. The van der Waals surface area contributed by atoms with Crippen molar-refractivity contribution in [1.82, 2.24) is 18.7 Å². The van der Waals surface area contributed by atoms with Crippen LogP contribution < -0.4 is 0 Å². The van der Waals surface area contributed by atoms with Crippen LogP contribution in [0.25, 0.3) is 0 Å². The van der Waals surface area contributed by atoms with Crippen molar-refractivity contribution in [1.29, 1.82) is 0 Å². The van der Waals surface area contributed by atoms with Crippen LogP contribution in [0.1, 0.15) is 29.9 Å². The lowest BCUT2D eigenvalue weighted by Crippen LogP contribution is -2.48. The number of carbonyl (C=O) groups excluding carboxylic acids is 1. The molecule has 9 heteroatoms. The summed E-state index contributed by atoms with van der Waals surface area (Å²) in [7, 11) is -0.479. The lowest BCUT2D eigenvalue weighted by molar-refractivity contribution is -0.140. The molecule has 2 bridgehead atoms. The van der Waals surface area contributed by atoms with Crippen molar-refractivity contribution in [2.75, 3.05) is 27.2 Å². The number of fused-ring (bicyclic) bond motifs is 4. The summed E-state index contributed by atoms with van der Waals surface area (Å²) in [6.07, 6.45) is 1.56. The van der Waals surface area contributed by atoms with Gasteiger partial charge in [0.15, 0.2) is 0 Å². The molecule has 0 aliphatic carbocycles. The van der Waals surface area contributed by atoms with E-state index in [1.165, 1.54) is 22.7 Å². The molecule has 24 heavy (non-hydrogen) atoms. The van der Waals surface area contributed by atoms with E-state index in [1.807, 2.05) is 18.7 Å². The Morgan fingerprint density at radius 1 is 1.25 bits per heavy atom. The van der Waals surface area contributed by atoms with Gasteiger partial charge in [-0.3, -0.25) is 4.79 Å². The average molecular weight is 356 g/mol. The monoisotopic (exact) mass is 356 g/mol. The van der Waals surface area contributed by atoms with Crippen molar-refractivity contribution in [3.05, 3.63) is 17.0 Å². The summed E-state index contributed by atoms with van der Waals surface area (Å²) >= 11 is 0. The first kappa shape index (κ1) is 17.4. The van der Waals surface area contributed by atoms with Gasteiger partial charge in [-0.15, -0.1) is 0 Å². The number of aryl methyl sites for hydroxylation is 2. The van der Waals surface area contributed by atoms with Crippen molar-refractivity contribution >= 4 is 16.1 Å². The minimum absolute atomic E-state index is 0.0303. The molecule has 3 fully saturated rings. The van der Waals surface area contributed by atoms with Crippen LogP contribution in [0.15, 0.2) is 4.52 Å². The Hall–Kier alpha value is -1.45. The molecule has 134 valence electrons. The topological polar surface area (TPSA) is 87.0 Å². The molecule has 0 unspecified atom stereocenters. The van der Waals surface area contributed by atoms with Crippen LogP contribution in [0.4, 0.5) is 0 Å². The van der Waals surface area contributed by atoms with Gasteiger partial charge in [0.1, 0.15) is 5.76 Å². The van der Waals surface area contributed by atoms with Gasteiger partial charge in [0.05, 0.1) is 18.2 Å². The molecular weight excluding hydrogens is 332 g/mol. The van der Waals surface area contributed by atoms with E-state index in [0.29, 0.717) is 18.8 Å². The molecule has 4 rings (SSSR count). The summed E-state index contributed by atoms with van der Waals surface area (Å²) in [4.78, 5) is 14.6. The molecule has 1 aromatic heterocycles. The van der Waals surface area contributed by atoms with Crippen molar-refractivity contribution in [3.63, 3.8) is 0 Å². The smallest absolute Gasteiger partial charge is 0.281 e. The largest absolute Gasteiger partial charge is 0.361 e. The molecule has 0 radical (unpaired) electrons. The van der Waals surface area contributed by atoms with Crippen molar-refractivity contribution in [3.8, 4) is 0 Å². The number of hydrogen-bond donors (Lipinski definition) is 0. The first-order chi connectivity index (χ1) is 11.2. The Morgan fingerprint density at radius 2 is 1.96 bits per heavy atom. The van der Waals surface area contributed by atoms with E-state index >= 15 is 0 Å². The Kier molecular flexibility index (Phi) is 4.43. The molecular formula is C15H24N4O4S. The second-order valence-electron chi connectivity index (χ2n) is 6.80. The van der Waals surface area contributed by atoms with Crippen LogP contribution >= 0.6 is 0 Å². The molecule has 8 nitrogen and oxygen atoms in total. The lowest BCUT2D eigenvalue weighted by Gasteiger charge is -2.36. The molecule has 3 aliphatic heterocycles. The molecule has 0 spiro atoms. The second kappa shape index (κ2) is 6.12. The van der Waals surface area contributed by atoms with E-state index in [-0.39, 0.29) is 24.4 Å². The predicted molar refractivity (Wildman–Crippen MR) is 87.2 cm³/mol. The summed E-state index contributed by atoms with van der Waals surface area (Å²) in [5.74, 6) is 0.458. The van der Waals surface area contributed by atoms with Crippen molar-refractivity contribution < 1.29 is 17.7 Å². The predicted octanol–water partition coefficient (Wildman–Crippen LogP) is 0.521. The van der Waals surface area contributed by atoms with Gasteiger partial charge in [0.2, 0.25) is 5.91 Å². The molecule has 2 atom stereocenters. The number of piperidine rings is 1. The first-order valence-electron chi connectivity index (χ1n) is 8.11. The molecule has 0 saturated carbocycles. The van der Waals surface area contributed by atoms with E-state index in [4.69, 9.17) is 4.52 Å². The first-order valence-corrected chi connectivity index (χ1v) is 9.51. The van der Waals surface area contributed by atoms with E-state index in [2.05, 4.69) is 5.16 Å². The van der Waals surface area contributed by atoms with Crippen molar-refractivity contribution in [2.24, 2.45) is 5.92 Å². The quantitative estimate of drug-likeness (QED) is 0.785. The molecule has 1 amide bonds. The summed E-state index contributed by atoms with van der Waals surface area (Å²) in [6, 6.07) is -0.111. The Labute approximate surface area is 142 Å². The lowest BCUT2D eigenvalue weighted by atomic mass is 9.93. The molecule has 3 saturated heterocycles. The molecule has 1 aromatic rings. The van der Waals surface area contributed by atoms with Gasteiger partial charge >= 0.3 is 0 Å². The maximum absolute atomic E-state index is 12.8. The van der Waals surface area contributed by atoms with Gasteiger partial charge in [0, 0.05) is 38.8 Å². The van der Waals surface area contributed by atoms with E-state index in [0.717, 1.165) is 24.1 Å². The zero-order chi connectivity index (χ0) is 17.6. The maximum atomic E-state index is 12.8. The van der Waals surface area contributed by atoms with Gasteiger partial charge in [-0.2, -0.15) is 17.0 Å². The normalized spacial score (nSPS) is 25.5. The second-order valence-corrected chi connectivity index (χ2v) is 8.95. The summed E-state index contributed by atoms with van der Waals surface area (Å²) in [5, 5.41) is 3.94. The number of aromatic nitrogens is 1. The highest BCUT2D eigenvalue weighted by Gasteiger charge is 2.44. The zero-order valence-corrected chi connectivity index (χ0v) is 15.3. The molecule has 0 aromatic carbocycles. The van der Waals surface area contributed by atoms with Crippen LogP contribution in [0.5, 0.6) is 0 Å². The Bertz CT molecular complexity index is 723. The number of amides is 1. The highest BCUT2D eigenvalue weighted by atomic mass is 32.2. The fourth-order valence-corrected chi connectivity index (χ4v) is 4.72. The van der Waals surface area contributed by atoms with Gasteiger partial charge in [-0.25, -0.2) is 0 Å². The van der Waals surface area contributed by atoms with Crippen LogP contribution in [-0.4, -0.2) is 66.2 Å². The van der Waals surface area contributed by atoms with E-state index in [1.54, 1.807) is 0 Å². The highest BCUT2D eigenvalue weighted by Crippen LogP contribution is 2.32. The Balaban J connectivity index is 1.88. The minimum Gasteiger partial charge on any atom is -0.361 e. The fraction of sp³-hybridized carbons (Fsp3) is 0.733. The molecule has 4 heterocycles. The van der Waals surface area contributed by atoms with Gasteiger partial charge in [-0.1, -0.05) is 5.16 Å². The summed E-state index contributed by atoms with van der Waals surface area (Å²) in [5.41, 5.74) is 1.69. The number of nitrogens with zero attached hydrogens (tertiary/aromatic N) is 4. The van der Waals surface area contributed by atoms with E-state index in [9.17, 15) is 13.2 Å². The van der Waals surface area contributed by atoms with Crippen molar-refractivity contribution in [2.45, 2.75) is 39.3 Å². The van der Waals surface area contributed by atoms with E-state index < -0.39 is 10.2 Å². The summed E-state index contributed by atoms with van der Waals surface area (Å²) in [6.45, 7) is 4.71. The number of carbonyl (C=O) groups is 1. The molecule has 3 aliphatic rings. The third-order valence-electron chi connectivity index (χ3n) is 5.06. The van der Waals surface area contributed by atoms with Crippen LogP contribution in [-0.2, 0) is 21.5 Å². The molecule has 0 N–H and O–H groups in total. The highest BCUT2D eigenvalue weighted by molar-refractivity contribution is 7.86. The SMILES string of the molecule is Cc1noc(C)c1CN1C(=O)[C@@H]2CC[C@H]1CN(S(=O)(=O)N(C)C)C2. The maximum Gasteiger partial charge on any atom is 0.281 e. The number of hydrogen-bond acceptors (Lipinski definition) is 5. The third-order valence-corrected chi connectivity index (χ3v) is 6.93. The third kappa shape index (κ3) is 2.84. The van der Waals surface area contributed by atoms with Crippen LogP contribution in [0.3, 0.4) is 0 Å². The van der Waals surface area contributed by atoms with Gasteiger partial charge in [-0.05, 0) is 26.7 Å². The van der Waals surface area contributed by atoms with Gasteiger partial charge < -0.3 is 9.42 Å². The zero-order valence-electron chi connectivity index (χ0n) is 14.5. The minimum atomic E-state index is -3.52. The summed E-state index contributed by atoms with van der Waals surface area (Å²) < 4.78 is 32.8.